The molecular formula is C12H14N3O+. The minimum Gasteiger partial charge on any atom is -0.325 e. The number of hydrogen-bond donors (Lipinski definition) is 2. The summed E-state index contributed by atoms with van der Waals surface area (Å²) in [7, 11) is 0. The van der Waals surface area contributed by atoms with Gasteiger partial charge in [0, 0.05) is 23.4 Å². The van der Waals surface area contributed by atoms with E-state index in [-0.39, 0.29) is 5.56 Å². The predicted octanol–water partition coefficient (Wildman–Crippen LogP) is 0.528. The van der Waals surface area contributed by atoms with Crippen LogP contribution in [0.25, 0.3) is 5.69 Å². The lowest BCUT2D eigenvalue weighted by Gasteiger charge is -2.01. The van der Waals surface area contributed by atoms with Crippen molar-refractivity contribution in [3.63, 3.8) is 0 Å². The van der Waals surface area contributed by atoms with Gasteiger partial charge >= 0.3 is 0 Å². The van der Waals surface area contributed by atoms with Gasteiger partial charge in [-0.25, -0.2) is 4.68 Å². The van der Waals surface area contributed by atoms with Crippen LogP contribution in [0.15, 0.2) is 29.1 Å². The summed E-state index contributed by atoms with van der Waals surface area (Å²) in [6, 6.07) is 7.65. The molecule has 4 N–H and O–H groups in total. The fourth-order valence-corrected chi connectivity index (χ4v) is 2.25. The summed E-state index contributed by atoms with van der Waals surface area (Å²) in [5, 5.41) is 3.18. The molecule has 0 bridgehead atoms. The van der Waals surface area contributed by atoms with E-state index >= 15 is 0 Å². The van der Waals surface area contributed by atoms with Crippen LogP contribution in [0.5, 0.6) is 0 Å². The molecule has 1 aromatic heterocycles. The molecule has 0 atom stereocenters. The molecule has 1 aliphatic rings. The van der Waals surface area contributed by atoms with Crippen molar-refractivity contribution in [2.45, 2.75) is 19.3 Å². The van der Waals surface area contributed by atoms with Gasteiger partial charge in [0.2, 0.25) is 0 Å². The maximum absolute atomic E-state index is 12.1. The molecule has 0 unspecified atom stereocenters. The second-order valence-electron chi connectivity index (χ2n) is 4.23. The molecule has 82 valence electrons. The minimum absolute atomic E-state index is 0.101. The van der Waals surface area contributed by atoms with Crippen molar-refractivity contribution in [2.24, 2.45) is 0 Å². The fraction of sp³-hybridized carbons (Fsp3) is 0.250. The Balaban J connectivity index is 2.14. The Morgan fingerprint density at radius 1 is 1.19 bits per heavy atom. The smallest absolute Gasteiger partial charge is 0.274 e. The van der Waals surface area contributed by atoms with E-state index in [1.165, 1.54) is 0 Å². The van der Waals surface area contributed by atoms with Crippen LogP contribution in [0, 0.1) is 0 Å². The number of hydrogen-bond acceptors (Lipinski definition) is 1. The Kier molecular flexibility index (Phi) is 1.97. The summed E-state index contributed by atoms with van der Waals surface area (Å²) in [5.74, 6) is 0. The normalized spacial score (nSPS) is 14.1. The van der Waals surface area contributed by atoms with Crippen molar-refractivity contribution < 1.29 is 5.73 Å². The fourth-order valence-electron chi connectivity index (χ4n) is 2.25. The summed E-state index contributed by atoms with van der Waals surface area (Å²) < 4.78 is 1.63. The molecule has 16 heavy (non-hydrogen) atoms. The van der Waals surface area contributed by atoms with E-state index < -0.39 is 0 Å². The van der Waals surface area contributed by atoms with Gasteiger partial charge in [0.15, 0.2) is 0 Å². The summed E-state index contributed by atoms with van der Waals surface area (Å²) in [4.78, 5) is 12.1. The molecule has 1 aliphatic carbocycles. The van der Waals surface area contributed by atoms with E-state index in [0.717, 1.165) is 41.9 Å². The first-order chi connectivity index (χ1) is 7.75. The third kappa shape index (κ3) is 1.31. The molecular weight excluding hydrogens is 202 g/mol. The Labute approximate surface area is 92.7 Å². The van der Waals surface area contributed by atoms with Gasteiger partial charge in [-0.15, -0.1) is 0 Å². The lowest BCUT2D eigenvalue weighted by Crippen LogP contribution is -2.39. The molecule has 0 amide bonds. The number of aromatic amines is 1. The Morgan fingerprint density at radius 3 is 2.62 bits per heavy atom. The molecule has 0 aliphatic heterocycles. The predicted molar refractivity (Wildman–Crippen MR) is 61.0 cm³/mol. The highest BCUT2D eigenvalue weighted by atomic mass is 16.1. The summed E-state index contributed by atoms with van der Waals surface area (Å²) in [6.07, 6.45) is 2.99. The second-order valence-corrected chi connectivity index (χ2v) is 4.23. The van der Waals surface area contributed by atoms with E-state index in [2.05, 4.69) is 10.8 Å². The number of quaternary nitrogens is 1. The number of H-pyrrole nitrogens is 1. The summed E-state index contributed by atoms with van der Waals surface area (Å²) >= 11 is 0. The van der Waals surface area contributed by atoms with Crippen molar-refractivity contribution in [3.05, 3.63) is 45.9 Å². The SMILES string of the molecule is [NH3+]c1ccc(-n2[nH]c3c(c2=O)CCC3)cc1. The van der Waals surface area contributed by atoms with Gasteiger partial charge in [-0.3, -0.25) is 9.89 Å². The van der Waals surface area contributed by atoms with E-state index in [0.29, 0.717) is 0 Å². The quantitative estimate of drug-likeness (QED) is 0.717. The molecule has 0 fully saturated rings. The highest BCUT2D eigenvalue weighted by molar-refractivity contribution is 5.40. The van der Waals surface area contributed by atoms with Gasteiger partial charge in [0.1, 0.15) is 5.69 Å². The Hall–Kier alpha value is -1.81. The minimum atomic E-state index is 0.101. The van der Waals surface area contributed by atoms with Crippen molar-refractivity contribution >= 4 is 5.69 Å². The van der Waals surface area contributed by atoms with Crippen LogP contribution in [-0.4, -0.2) is 9.78 Å². The molecule has 1 heterocycles. The standard InChI is InChI=1S/C12H13N3O/c13-8-4-6-9(7-5-8)15-12(16)10-2-1-3-11(10)14-15/h4-7,14H,1-3,13H2/p+1. The zero-order valence-corrected chi connectivity index (χ0v) is 8.99. The number of nitrogens with one attached hydrogen (secondary N) is 1. The summed E-state index contributed by atoms with van der Waals surface area (Å²) in [6.45, 7) is 0. The molecule has 1 aromatic carbocycles. The first-order valence-electron chi connectivity index (χ1n) is 5.51. The van der Waals surface area contributed by atoms with Crippen LogP contribution in [0.2, 0.25) is 0 Å². The lowest BCUT2D eigenvalue weighted by atomic mass is 10.2. The van der Waals surface area contributed by atoms with Crippen LogP contribution >= 0.6 is 0 Å². The lowest BCUT2D eigenvalue weighted by molar-refractivity contribution is -0.254. The van der Waals surface area contributed by atoms with Gasteiger partial charge in [0.05, 0.1) is 5.69 Å². The largest absolute Gasteiger partial charge is 0.325 e. The van der Waals surface area contributed by atoms with Gasteiger partial charge in [-0.1, -0.05) is 0 Å². The number of aryl methyl sites for hydroxylation is 1. The molecule has 0 saturated heterocycles. The highest BCUT2D eigenvalue weighted by Gasteiger charge is 2.19. The van der Waals surface area contributed by atoms with E-state index in [9.17, 15) is 4.79 Å². The van der Waals surface area contributed by atoms with Crippen molar-refractivity contribution in [1.82, 2.24) is 9.78 Å². The average molecular weight is 216 g/mol. The number of aromatic nitrogens is 2. The molecule has 4 nitrogen and oxygen atoms in total. The molecule has 2 aromatic rings. The average Bonchev–Trinajstić information content (AvgIpc) is 2.84. The maximum Gasteiger partial charge on any atom is 0.274 e. The van der Waals surface area contributed by atoms with Crippen molar-refractivity contribution in [2.75, 3.05) is 0 Å². The van der Waals surface area contributed by atoms with Crippen LogP contribution in [0.3, 0.4) is 0 Å². The Morgan fingerprint density at radius 2 is 1.94 bits per heavy atom. The first kappa shape index (κ1) is 9.42. The van der Waals surface area contributed by atoms with Gasteiger partial charge in [0.25, 0.3) is 5.56 Å². The number of nitrogens with zero attached hydrogens (tertiary/aromatic N) is 1. The van der Waals surface area contributed by atoms with E-state index in [4.69, 9.17) is 0 Å². The van der Waals surface area contributed by atoms with Gasteiger partial charge < -0.3 is 5.73 Å². The van der Waals surface area contributed by atoms with Gasteiger partial charge in [-0.05, 0) is 31.4 Å². The third-order valence-corrected chi connectivity index (χ3v) is 3.12. The van der Waals surface area contributed by atoms with Gasteiger partial charge in [-0.2, -0.15) is 0 Å². The molecule has 0 spiro atoms. The van der Waals surface area contributed by atoms with Crippen LogP contribution in [0.1, 0.15) is 17.7 Å². The molecule has 4 heteroatoms. The third-order valence-electron chi connectivity index (χ3n) is 3.12. The first-order valence-corrected chi connectivity index (χ1v) is 5.51. The van der Waals surface area contributed by atoms with Crippen LogP contribution in [0.4, 0.5) is 5.69 Å². The van der Waals surface area contributed by atoms with E-state index in [1.807, 2.05) is 24.3 Å². The molecule has 0 radical (unpaired) electrons. The highest BCUT2D eigenvalue weighted by Crippen LogP contribution is 2.17. The monoisotopic (exact) mass is 216 g/mol. The van der Waals surface area contributed by atoms with Crippen molar-refractivity contribution in [3.8, 4) is 5.69 Å². The van der Waals surface area contributed by atoms with Crippen LogP contribution < -0.4 is 11.3 Å². The number of benzene rings is 1. The second kappa shape index (κ2) is 3.35. The van der Waals surface area contributed by atoms with Crippen LogP contribution in [-0.2, 0) is 12.8 Å². The molecule has 0 saturated carbocycles. The topological polar surface area (TPSA) is 65.4 Å². The number of rotatable bonds is 1. The Bertz CT molecular complexity index is 577. The van der Waals surface area contributed by atoms with Crippen molar-refractivity contribution in [1.29, 1.82) is 0 Å². The molecule has 3 rings (SSSR count). The number of fused-ring (bicyclic) bond motifs is 1. The maximum atomic E-state index is 12.1. The summed E-state index contributed by atoms with van der Waals surface area (Å²) in [5.41, 5.74) is 7.83. The zero-order valence-electron chi connectivity index (χ0n) is 8.99. The zero-order chi connectivity index (χ0) is 11.1. The van der Waals surface area contributed by atoms with E-state index in [1.54, 1.807) is 4.68 Å².